The van der Waals surface area contributed by atoms with Crippen molar-refractivity contribution < 1.29 is 24.6 Å². The maximum Gasteiger partial charge on any atom is 0.328 e. The Labute approximate surface area is 207 Å². The van der Waals surface area contributed by atoms with Crippen LogP contribution in [0.5, 0.6) is 0 Å². The molecular formula is C28H38N2O5. The van der Waals surface area contributed by atoms with Gasteiger partial charge in [0.2, 0.25) is 0 Å². The van der Waals surface area contributed by atoms with E-state index in [1.807, 2.05) is 0 Å². The Hall–Kier alpha value is -2.67. The predicted octanol–water partition coefficient (Wildman–Crippen LogP) is 4.37. The molecule has 35 heavy (non-hydrogen) atoms. The van der Waals surface area contributed by atoms with Gasteiger partial charge in [-0.2, -0.15) is 0 Å². The number of fused-ring (bicyclic) bond motifs is 1. The zero-order valence-electron chi connectivity index (χ0n) is 20.5. The number of carbonyl (C=O) groups excluding carboxylic acids is 1. The second-order valence-corrected chi connectivity index (χ2v) is 10.5. The highest BCUT2D eigenvalue weighted by atomic mass is 16.4. The van der Waals surface area contributed by atoms with E-state index in [4.69, 9.17) is 10.2 Å². The van der Waals surface area contributed by atoms with Crippen molar-refractivity contribution in [1.82, 2.24) is 4.90 Å². The van der Waals surface area contributed by atoms with Crippen molar-refractivity contribution in [2.75, 3.05) is 24.5 Å². The Balaban J connectivity index is 0.000000314. The summed E-state index contributed by atoms with van der Waals surface area (Å²) >= 11 is 0. The number of Topliss-reactive ketones (excluding diaryl/α,β-unsaturated/α-hetero) is 1. The Kier molecular flexibility index (Phi) is 8.26. The summed E-state index contributed by atoms with van der Waals surface area (Å²) in [4.78, 5) is 37.2. The fourth-order valence-corrected chi connectivity index (χ4v) is 6.92. The number of piperidine rings is 1. The molecule has 2 heterocycles. The summed E-state index contributed by atoms with van der Waals surface area (Å²) in [5.74, 6) is -0.0491. The van der Waals surface area contributed by atoms with Crippen molar-refractivity contribution in [3.63, 3.8) is 0 Å². The van der Waals surface area contributed by atoms with E-state index in [-0.39, 0.29) is 5.54 Å². The minimum atomic E-state index is -1.26. The highest BCUT2D eigenvalue weighted by molar-refractivity contribution is 5.95. The van der Waals surface area contributed by atoms with Crippen molar-refractivity contribution >= 4 is 23.4 Å². The average Bonchev–Trinajstić information content (AvgIpc) is 3.32. The van der Waals surface area contributed by atoms with Gasteiger partial charge in [0.1, 0.15) is 5.54 Å². The number of hydrogen-bond acceptors (Lipinski definition) is 5. The lowest BCUT2D eigenvalue weighted by atomic mass is 9.83. The van der Waals surface area contributed by atoms with Gasteiger partial charge in [0.25, 0.3) is 0 Å². The smallest absolute Gasteiger partial charge is 0.328 e. The number of aliphatic carboxylic acids is 2. The first-order chi connectivity index (χ1) is 16.9. The van der Waals surface area contributed by atoms with Gasteiger partial charge in [-0.15, -0.1) is 0 Å². The molecule has 2 aliphatic carbocycles. The summed E-state index contributed by atoms with van der Waals surface area (Å²) in [7, 11) is 0. The molecule has 4 aliphatic rings. The van der Waals surface area contributed by atoms with Gasteiger partial charge in [-0.1, -0.05) is 50.3 Å². The number of para-hydroxylation sites is 1. The lowest BCUT2D eigenvalue weighted by molar-refractivity contribution is -0.134. The number of carboxylic acid groups (broad SMARTS) is 2. The molecular weight excluding hydrogens is 444 g/mol. The topological polar surface area (TPSA) is 98.1 Å². The van der Waals surface area contributed by atoms with Gasteiger partial charge in [-0.05, 0) is 49.7 Å². The van der Waals surface area contributed by atoms with Crippen molar-refractivity contribution in [3.8, 4) is 0 Å². The molecule has 1 spiro atoms. The molecule has 2 N–H and O–H groups in total. The maximum absolute atomic E-state index is 12.9. The van der Waals surface area contributed by atoms with Crippen LogP contribution < -0.4 is 4.90 Å². The molecule has 0 radical (unpaired) electrons. The minimum Gasteiger partial charge on any atom is -0.478 e. The van der Waals surface area contributed by atoms with Crippen LogP contribution in [0.3, 0.4) is 0 Å². The highest BCUT2D eigenvalue weighted by Gasteiger charge is 2.51. The molecule has 7 nitrogen and oxygen atoms in total. The average molecular weight is 483 g/mol. The molecule has 4 fully saturated rings. The van der Waals surface area contributed by atoms with Gasteiger partial charge in [0.05, 0.1) is 0 Å². The molecule has 5 rings (SSSR count). The van der Waals surface area contributed by atoms with E-state index >= 15 is 0 Å². The van der Waals surface area contributed by atoms with Crippen molar-refractivity contribution in [1.29, 1.82) is 0 Å². The quantitative estimate of drug-likeness (QED) is 0.615. The van der Waals surface area contributed by atoms with Gasteiger partial charge in [0.15, 0.2) is 5.78 Å². The molecule has 0 amide bonds. The molecule has 7 heteroatoms. The molecule has 2 aliphatic heterocycles. The zero-order valence-corrected chi connectivity index (χ0v) is 20.5. The van der Waals surface area contributed by atoms with Crippen LogP contribution in [0.1, 0.15) is 64.2 Å². The molecule has 2 saturated heterocycles. The van der Waals surface area contributed by atoms with E-state index in [9.17, 15) is 14.4 Å². The third kappa shape index (κ3) is 5.95. The fourth-order valence-electron chi connectivity index (χ4n) is 6.92. The summed E-state index contributed by atoms with van der Waals surface area (Å²) in [5, 5.41) is 15.6. The maximum atomic E-state index is 12.9. The molecule has 0 aromatic heterocycles. The number of rotatable bonds is 4. The van der Waals surface area contributed by atoms with Gasteiger partial charge in [-0.25, -0.2) is 9.59 Å². The Morgan fingerprint density at radius 1 is 0.857 bits per heavy atom. The first-order valence-corrected chi connectivity index (χ1v) is 13.1. The van der Waals surface area contributed by atoms with Gasteiger partial charge in [-0.3, -0.25) is 4.79 Å². The minimum absolute atomic E-state index is 0.222. The fraction of sp³-hybridized carbons (Fsp3) is 0.607. The Morgan fingerprint density at radius 2 is 1.43 bits per heavy atom. The van der Waals surface area contributed by atoms with Crippen LogP contribution in [0.25, 0.3) is 0 Å². The number of ketones is 1. The van der Waals surface area contributed by atoms with Gasteiger partial charge >= 0.3 is 11.9 Å². The Morgan fingerprint density at radius 3 is 1.97 bits per heavy atom. The van der Waals surface area contributed by atoms with Crippen LogP contribution in [0, 0.1) is 11.8 Å². The summed E-state index contributed by atoms with van der Waals surface area (Å²) in [6.07, 6.45) is 14.0. The molecule has 190 valence electrons. The SMILES string of the molecule is O=C(O)/C=C/C(=O)O.O=C1CCN(c2ccccc2)C12CCN(C1CC3CCCCCC3C1)CC2. The molecule has 2 saturated carbocycles. The van der Waals surface area contributed by atoms with Crippen LogP contribution in [-0.2, 0) is 14.4 Å². The number of nitrogens with zero attached hydrogens (tertiary/aromatic N) is 2. The van der Waals surface area contributed by atoms with E-state index in [1.165, 1.54) is 50.6 Å². The first-order valence-electron chi connectivity index (χ1n) is 13.1. The number of anilines is 1. The number of carbonyl (C=O) groups is 3. The normalized spacial score (nSPS) is 28.4. The van der Waals surface area contributed by atoms with Gasteiger partial charge in [0, 0.05) is 49.9 Å². The van der Waals surface area contributed by atoms with Crippen LogP contribution in [0.4, 0.5) is 5.69 Å². The molecule has 2 unspecified atom stereocenters. The molecule has 1 aromatic rings. The summed E-state index contributed by atoms with van der Waals surface area (Å²) < 4.78 is 0. The predicted molar refractivity (Wildman–Crippen MR) is 134 cm³/mol. The monoisotopic (exact) mass is 482 g/mol. The standard InChI is InChI=1S/C24H34N2O.C4H4O4/c27-23-11-14-26(21-9-5-2-6-10-21)24(23)12-15-25(16-13-24)22-17-19-7-3-1-4-8-20(19)18-22;5-3(6)1-2-4(7)8/h2,5-6,9-10,19-20,22H,1,3-4,7-8,11-18H2;1-2H,(H,5,6)(H,7,8)/b;2-1+. The van der Waals surface area contributed by atoms with E-state index < -0.39 is 11.9 Å². The lowest BCUT2D eigenvalue weighted by Crippen LogP contribution is -2.57. The molecule has 0 bridgehead atoms. The van der Waals surface area contributed by atoms with Crippen molar-refractivity contribution in [2.24, 2.45) is 11.8 Å². The van der Waals surface area contributed by atoms with Gasteiger partial charge < -0.3 is 20.0 Å². The van der Waals surface area contributed by atoms with E-state index in [2.05, 4.69) is 40.1 Å². The van der Waals surface area contributed by atoms with Crippen LogP contribution >= 0.6 is 0 Å². The molecule has 2 atom stereocenters. The molecule has 1 aromatic carbocycles. The van der Waals surface area contributed by atoms with E-state index in [1.54, 1.807) is 0 Å². The first kappa shape index (κ1) is 25.4. The van der Waals surface area contributed by atoms with Crippen LogP contribution in [0.2, 0.25) is 0 Å². The second-order valence-electron chi connectivity index (χ2n) is 10.5. The summed E-state index contributed by atoms with van der Waals surface area (Å²) in [6.45, 7) is 3.12. The highest BCUT2D eigenvalue weighted by Crippen LogP contribution is 2.45. The van der Waals surface area contributed by atoms with E-state index in [0.29, 0.717) is 17.9 Å². The van der Waals surface area contributed by atoms with Crippen LogP contribution in [0.15, 0.2) is 42.5 Å². The third-order valence-electron chi connectivity index (χ3n) is 8.64. The Bertz CT molecular complexity index is 893. The number of benzene rings is 1. The van der Waals surface area contributed by atoms with Crippen molar-refractivity contribution in [3.05, 3.63) is 42.5 Å². The third-order valence-corrected chi connectivity index (χ3v) is 8.64. The second kappa shape index (κ2) is 11.4. The number of carboxylic acids is 2. The van der Waals surface area contributed by atoms with Crippen LogP contribution in [-0.4, -0.2) is 64.0 Å². The lowest BCUT2D eigenvalue weighted by Gasteiger charge is -2.46. The van der Waals surface area contributed by atoms with E-state index in [0.717, 1.165) is 56.8 Å². The zero-order chi connectivity index (χ0) is 24.8. The summed E-state index contributed by atoms with van der Waals surface area (Å²) in [5.41, 5.74) is 1.01. The summed E-state index contributed by atoms with van der Waals surface area (Å²) in [6, 6.07) is 11.4. The number of hydrogen-bond donors (Lipinski definition) is 2. The number of likely N-dealkylation sites (tertiary alicyclic amines) is 1. The largest absolute Gasteiger partial charge is 0.478 e. The van der Waals surface area contributed by atoms with Crippen molar-refractivity contribution in [2.45, 2.75) is 75.8 Å².